The maximum atomic E-state index is 10.7. The zero-order valence-electron chi connectivity index (χ0n) is 13.7. The molecule has 1 N–H and O–H groups in total. The highest BCUT2D eigenvalue weighted by Gasteiger charge is 2.22. The molecule has 0 amide bonds. The van der Waals surface area contributed by atoms with E-state index in [-0.39, 0.29) is 24.9 Å². The molecule has 0 spiro atoms. The van der Waals surface area contributed by atoms with E-state index in [1.165, 1.54) is 0 Å². The molecule has 2 heterocycles. The number of nitrogens with zero attached hydrogens (tertiary/aromatic N) is 2. The summed E-state index contributed by atoms with van der Waals surface area (Å²) in [5, 5.41) is 8.80. The van der Waals surface area contributed by atoms with Gasteiger partial charge in [-0.2, -0.15) is 0 Å². The predicted octanol–water partition coefficient (Wildman–Crippen LogP) is 3.14. The zero-order valence-corrected chi connectivity index (χ0v) is 14.5. The highest BCUT2D eigenvalue weighted by atomic mass is 35.5. The van der Waals surface area contributed by atoms with Crippen LogP contribution in [0.1, 0.15) is 18.1 Å². The summed E-state index contributed by atoms with van der Waals surface area (Å²) < 4.78 is 11.5. The number of aromatic nitrogens is 1. The number of morpholine rings is 1. The number of hydrogen-bond acceptors (Lipinski definition) is 5. The molecule has 1 aliphatic heterocycles. The van der Waals surface area contributed by atoms with Gasteiger partial charge in [0.1, 0.15) is 11.5 Å². The fraction of sp³-hybridized carbons (Fsp3) is 0.333. The Bertz CT molecular complexity index is 667. The lowest BCUT2D eigenvalue weighted by molar-refractivity contribution is -0.137. The molecule has 0 saturated carbocycles. The normalized spacial score (nSPS) is 17.5. The molecule has 0 bridgehead atoms. The van der Waals surface area contributed by atoms with Crippen LogP contribution < -0.4 is 4.74 Å². The van der Waals surface area contributed by atoms with Gasteiger partial charge in [-0.25, -0.2) is 0 Å². The van der Waals surface area contributed by atoms with E-state index in [0.29, 0.717) is 25.4 Å². The van der Waals surface area contributed by atoms with Crippen molar-refractivity contribution in [2.24, 2.45) is 0 Å². The fourth-order valence-electron chi connectivity index (χ4n) is 2.66. The number of carboxylic acid groups (broad SMARTS) is 1. The topological polar surface area (TPSA) is 71.9 Å². The Morgan fingerprint density at radius 2 is 2.08 bits per heavy atom. The van der Waals surface area contributed by atoms with Gasteiger partial charge in [0, 0.05) is 25.8 Å². The summed E-state index contributed by atoms with van der Waals surface area (Å²) >= 11 is 0. The zero-order chi connectivity index (χ0) is 16.8. The van der Waals surface area contributed by atoms with Crippen LogP contribution in [0, 0.1) is 0 Å². The summed E-state index contributed by atoms with van der Waals surface area (Å²) in [6.07, 6.45) is 3.48. The molecule has 25 heavy (non-hydrogen) atoms. The molecule has 1 saturated heterocycles. The van der Waals surface area contributed by atoms with Crippen LogP contribution >= 0.6 is 12.4 Å². The van der Waals surface area contributed by atoms with Gasteiger partial charge in [0.05, 0.1) is 25.3 Å². The van der Waals surface area contributed by atoms with Gasteiger partial charge in [-0.3, -0.25) is 14.7 Å². The van der Waals surface area contributed by atoms with Crippen molar-refractivity contribution in [3.63, 3.8) is 0 Å². The van der Waals surface area contributed by atoms with Gasteiger partial charge in [-0.15, -0.1) is 12.4 Å². The number of carbonyl (C=O) groups is 1. The van der Waals surface area contributed by atoms with Crippen LogP contribution in [0.15, 0.2) is 48.8 Å². The SMILES string of the molecule is Cl.O=C(O)CCN1CCOC(c2ccc(Oc3cccnc3)cc2)C1. The highest BCUT2D eigenvalue weighted by Crippen LogP contribution is 2.26. The van der Waals surface area contributed by atoms with Crippen molar-refractivity contribution in [3.05, 3.63) is 54.4 Å². The summed E-state index contributed by atoms with van der Waals surface area (Å²) in [7, 11) is 0. The molecule has 0 radical (unpaired) electrons. The number of halogens is 1. The number of hydrogen-bond donors (Lipinski definition) is 1. The molecule has 1 unspecified atom stereocenters. The van der Waals surface area contributed by atoms with E-state index in [1.807, 2.05) is 36.4 Å². The number of pyridine rings is 1. The molecular weight excluding hydrogens is 344 g/mol. The van der Waals surface area contributed by atoms with Gasteiger partial charge in [0.2, 0.25) is 0 Å². The number of benzene rings is 1. The lowest BCUT2D eigenvalue weighted by Crippen LogP contribution is -2.39. The Labute approximate surface area is 152 Å². The molecule has 2 aromatic rings. The molecule has 3 rings (SSSR count). The Morgan fingerprint density at radius 3 is 2.76 bits per heavy atom. The molecule has 134 valence electrons. The molecule has 1 aromatic carbocycles. The predicted molar refractivity (Wildman–Crippen MR) is 95.4 cm³/mol. The van der Waals surface area contributed by atoms with Crippen molar-refractivity contribution in [1.82, 2.24) is 9.88 Å². The lowest BCUT2D eigenvalue weighted by Gasteiger charge is -2.32. The second-order valence-corrected chi connectivity index (χ2v) is 5.66. The van der Waals surface area contributed by atoms with Crippen molar-refractivity contribution in [2.45, 2.75) is 12.5 Å². The van der Waals surface area contributed by atoms with Crippen LogP contribution in [0.25, 0.3) is 0 Å². The molecule has 7 heteroatoms. The van der Waals surface area contributed by atoms with Crippen molar-refractivity contribution >= 4 is 18.4 Å². The summed E-state index contributed by atoms with van der Waals surface area (Å²) in [5.41, 5.74) is 1.06. The third-order valence-electron chi connectivity index (χ3n) is 3.91. The first-order chi connectivity index (χ1) is 11.7. The van der Waals surface area contributed by atoms with Crippen molar-refractivity contribution in [1.29, 1.82) is 0 Å². The first-order valence-electron chi connectivity index (χ1n) is 7.94. The average Bonchev–Trinajstić information content (AvgIpc) is 2.62. The molecular formula is C18H21ClN2O4. The number of ether oxygens (including phenoxy) is 2. The van der Waals surface area contributed by atoms with E-state index in [4.69, 9.17) is 14.6 Å². The quantitative estimate of drug-likeness (QED) is 0.849. The van der Waals surface area contributed by atoms with E-state index >= 15 is 0 Å². The maximum Gasteiger partial charge on any atom is 0.304 e. The van der Waals surface area contributed by atoms with Gasteiger partial charge in [0.15, 0.2) is 0 Å². The van der Waals surface area contributed by atoms with Gasteiger partial charge >= 0.3 is 5.97 Å². The van der Waals surface area contributed by atoms with E-state index in [1.54, 1.807) is 12.4 Å². The van der Waals surface area contributed by atoms with E-state index in [9.17, 15) is 4.79 Å². The fourth-order valence-corrected chi connectivity index (χ4v) is 2.66. The lowest BCUT2D eigenvalue weighted by atomic mass is 10.1. The Morgan fingerprint density at radius 1 is 1.28 bits per heavy atom. The second-order valence-electron chi connectivity index (χ2n) is 5.66. The molecule has 6 nitrogen and oxygen atoms in total. The molecule has 0 aliphatic carbocycles. The minimum atomic E-state index is -0.769. The van der Waals surface area contributed by atoms with E-state index < -0.39 is 5.97 Å². The number of rotatable bonds is 6. The van der Waals surface area contributed by atoms with Crippen LogP contribution in [0.4, 0.5) is 0 Å². The highest BCUT2D eigenvalue weighted by molar-refractivity contribution is 5.85. The number of carboxylic acids is 1. The monoisotopic (exact) mass is 364 g/mol. The van der Waals surface area contributed by atoms with Crippen LogP contribution in [0.5, 0.6) is 11.5 Å². The van der Waals surface area contributed by atoms with E-state index in [2.05, 4.69) is 9.88 Å². The van der Waals surface area contributed by atoms with E-state index in [0.717, 1.165) is 17.9 Å². The van der Waals surface area contributed by atoms with Crippen LogP contribution in [-0.2, 0) is 9.53 Å². The van der Waals surface area contributed by atoms with Crippen LogP contribution in [-0.4, -0.2) is 47.2 Å². The number of aliphatic carboxylic acids is 1. The van der Waals surface area contributed by atoms with Gasteiger partial charge in [0.25, 0.3) is 0 Å². The second kappa shape index (κ2) is 9.36. The maximum absolute atomic E-state index is 10.7. The first-order valence-corrected chi connectivity index (χ1v) is 7.94. The third kappa shape index (κ3) is 5.70. The largest absolute Gasteiger partial charge is 0.481 e. The standard InChI is InChI=1S/C18H20N2O4.ClH/c21-18(22)7-9-20-10-11-23-17(13-20)14-3-5-15(6-4-14)24-16-2-1-8-19-12-16;/h1-6,8,12,17H,7,9-11,13H2,(H,21,22);1H. The Hall–Kier alpha value is -2.15. The summed E-state index contributed by atoms with van der Waals surface area (Å²) in [6.45, 7) is 2.64. The Balaban J connectivity index is 0.00000225. The molecule has 1 aliphatic rings. The molecule has 1 fully saturated rings. The minimum Gasteiger partial charge on any atom is -0.481 e. The van der Waals surface area contributed by atoms with Crippen LogP contribution in [0.2, 0.25) is 0 Å². The van der Waals surface area contributed by atoms with Crippen molar-refractivity contribution in [3.8, 4) is 11.5 Å². The first kappa shape index (κ1) is 19.2. The Kier molecular flexibility index (Phi) is 7.18. The summed E-state index contributed by atoms with van der Waals surface area (Å²) in [6, 6.07) is 11.5. The smallest absolute Gasteiger partial charge is 0.304 e. The minimum absolute atomic E-state index is 0. The third-order valence-corrected chi connectivity index (χ3v) is 3.91. The molecule has 1 atom stereocenters. The molecule has 1 aromatic heterocycles. The van der Waals surface area contributed by atoms with Crippen LogP contribution in [0.3, 0.4) is 0 Å². The van der Waals surface area contributed by atoms with Gasteiger partial charge in [-0.05, 0) is 29.8 Å². The average molecular weight is 365 g/mol. The van der Waals surface area contributed by atoms with Crippen molar-refractivity contribution < 1.29 is 19.4 Å². The summed E-state index contributed by atoms with van der Waals surface area (Å²) in [5.74, 6) is 0.666. The van der Waals surface area contributed by atoms with Crippen molar-refractivity contribution in [2.75, 3.05) is 26.2 Å². The van der Waals surface area contributed by atoms with Gasteiger partial charge < -0.3 is 14.6 Å². The van der Waals surface area contributed by atoms with Gasteiger partial charge in [-0.1, -0.05) is 12.1 Å². The summed E-state index contributed by atoms with van der Waals surface area (Å²) in [4.78, 5) is 16.8.